The van der Waals surface area contributed by atoms with E-state index in [0.29, 0.717) is 13.2 Å². The summed E-state index contributed by atoms with van der Waals surface area (Å²) >= 11 is 1.81. The molecule has 0 aliphatic carbocycles. The Morgan fingerprint density at radius 2 is 1.16 bits per heavy atom. The number of ether oxygens (including phenoxy) is 1. The molecule has 4 aromatic rings. The van der Waals surface area contributed by atoms with Crippen LogP contribution >= 0.6 is 7.26 Å². The molecule has 0 amide bonds. The first-order valence-corrected chi connectivity index (χ1v) is 17.9. The van der Waals surface area contributed by atoms with Gasteiger partial charge in [0.15, 0.2) is 0 Å². The van der Waals surface area contributed by atoms with Crippen molar-refractivity contribution in [2.75, 3.05) is 13.2 Å². The molecule has 1 aliphatic rings. The quantitative estimate of drug-likeness (QED) is 0.122. The Hall–Kier alpha value is -3.87. The molecule has 0 unspecified atom stereocenters. The van der Waals surface area contributed by atoms with Gasteiger partial charge in [-0.25, -0.2) is 0 Å². The number of rotatable bonds is 9. The summed E-state index contributed by atoms with van der Waals surface area (Å²) in [5.74, 6) is 0. The first-order chi connectivity index (χ1) is 21.7. The molecule has 0 saturated carbocycles. The Kier molecular flexibility index (Phi) is 11.3. The van der Waals surface area contributed by atoms with E-state index < -0.39 is 7.26 Å². The topological polar surface area (TPSA) is 9.23 Å². The zero-order chi connectivity index (χ0) is 30.6. The number of allylic oxidation sites excluding steroid dienone is 8. The first-order valence-electron chi connectivity index (χ1n) is 14.9. The molecule has 0 atom stereocenters. The van der Waals surface area contributed by atoms with Gasteiger partial charge in [-0.05, 0) is 6.92 Å². The zero-order valence-corrected chi connectivity index (χ0v) is 28.6. The van der Waals surface area contributed by atoms with Crippen LogP contribution in [-0.4, -0.2) is 13.2 Å². The number of benzene rings is 4. The van der Waals surface area contributed by atoms with Crippen molar-refractivity contribution in [2.45, 2.75) is 13.8 Å². The van der Waals surface area contributed by atoms with Crippen LogP contribution in [0.25, 0.3) is 12.2 Å². The minimum absolute atomic E-state index is 0.609. The van der Waals surface area contributed by atoms with Gasteiger partial charge in [0.1, 0.15) is 0 Å². The molecule has 1 saturated heterocycles. The van der Waals surface area contributed by atoms with Crippen LogP contribution in [0.3, 0.4) is 0 Å². The molecule has 219 valence electrons. The van der Waals surface area contributed by atoms with Crippen molar-refractivity contribution >= 4 is 35.3 Å². The molecule has 0 N–H and O–H groups in total. The summed E-state index contributed by atoms with van der Waals surface area (Å²) in [6, 6.07) is 41.6. The fraction of sp³-hybridized carbons (Fsp3) is 0.0976. The van der Waals surface area contributed by atoms with Crippen molar-refractivity contribution < 1.29 is 22.7 Å². The van der Waals surface area contributed by atoms with Gasteiger partial charge in [0.2, 0.25) is 0 Å². The molecule has 3 heteroatoms. The standard InChI is InChI=1S/C41H37OP.Os/c1-4-17-34-26-28-35(29-27-34)18-15-16-19-37(30-38-32-42-31-36(38)5-2)33(3)43(39-20-9-6-10-21-39,40-22-11-7-12-23-40)41-24-13-8-14-25-41;/h4-30H,31-32H2,1-2H3;/q+1;/b17-4+,18-15+,19-16+,36-5?,37-33?,38-30?;. The fourth-order valence-electron chi connectivity index (χ4n) is 5.57. The van der Waals surface area contributed by atoms with Gasteiger partial charge in [-0.15, -0.1) is 0 Å². The van der Waals surface area contributed by atoms with Crippen LogP contribution in [0.2, 0.25) is 0 Å². The fourth-order valence-corrected chi connectivity index (χ4v) is 11.4. The van der Waals surface area contributed by atoms with Crippen LogP contribution in [-0.2, 0) is 22.7 Å². The van der Waals surface area contributed by atoms with E-state index in [1.165, 1.54) is 43.5 Å². The average molecular weight is 767 g/mol. The van der Waals surface area contributed by atoms with Crippen LogP contribution < -0.4 is 15.9 Å². The summed E-state index contributed by atoms with van der Waals surface area (Å²) < 4.78 is 9.71. The minimum atomic E-state index is -2.33. The van der Waals surface area contributed by atoms with Crippen molar-refractivity contribution in [1.29, 1.82) is 0 Å². The number of hydrogen-bond donors (Lipinski definition) is 0. The molecular formula is C41H37OOsP+. The van der Waals surface area contributed by atoms with E-state index in [0.717, 1.165) is 5.57 Å². The van der Waals surface area contributed by atoms with E-state index in [9.17, 15) is 0 Å². The van der Waals surface area contributed by atoms with Crippen molar-refractivity contribution in [2.24, 2.45) is 0 Å². The van der Waals surface area contributed by atoms with Crippen LogP contribution in [0, 0.1) is 4.37 Å². The van der Waals surface area contributed by atoms with Crippen LogP contribution in [0.4, 0.5) is 0 Å². The van der Waals surface area contributed by atoms with Crippen molar-refractivity contribution in [3.8, 4) is 4.37 Å². The third-order valence-electron chi connectivity index (χ3n) is 7.70. The molecule has 4 aromatic carbocycles. The Labute approximate surface area is 273 Å². The zero-order valence-electron chi connectivity index (χ0n) is 25.2. The van der Waals surface area contributed by atoms with Gasteiger partial charge in [0.25, 0.3) is 0 Å². The summed E-state index contributed by atoms with van der Waals surface area (Å²) in [4.78, 5) is 0. The Morgan fingerprint density at radius 3 is 1.64 bits per heavy atom. The predicted molar refractivity (Wildman–Crippen MR) is 188 cm³/mol. The van der Waals surface area contributed by atoms with Gasteiger partial charge in [-0.3, -0.25) is 0 Å². The average Bonchev–Trinajstić information content (AvgIpc) is 3.54. The van der Waals surface area contributed by atoms with Gasteiger partial charge < -0.3 is 0 Å². The first kappa shape index (κ1) is 31.5. The molecule has 1 nitrogen and oxygen atoms in total. The van der Waals surface area contributed by atoms with Gasteiger partial charge >= 0.3 is 261 Å². The molecule has 0 bridgehead atoms. The van der Waals surface area contributed by atoms with E-state index >= 15 is 0 Å². The molecule has 5 rings (SSSR count). The Balaban J connectivity index is 1.76. The molecule has 0 radical (unpaired) electrons. The van der Waals surface area contributed by atoms with Crippen LogP contribution in [0.15, 0.2) is 174 Å². The van der Waals surface area contributed by atoms with E-state index in [-0.39, 0.29) is 0 Å². The summed E-state index contributed by atoms with van der Waals surface area (Å²) in [5.41, 5.74) is 5.99. The SMILES string of the molecule is CC=C1COCC1=CC(/C=C/C=C/c1ccc(/C=C/C)cc1)=C([C]#[Os])[P+](c1ccccc1)(c1ccccc1)c1ccccc1. The molecular weight excluding hydrogens is 730 g/mol. The van der Waals surface area contributed by atoms with E-state index in [2.05, 4.69) is 175 Å². The second kappa shape index (κ2) is 15.7. The maximum atomic E-state index is 5.91. The summed E-state index contributed by atoms with van der Waals surface area (Å²) in [7, 11) is -2.33. The third kappa shape index (κ3) is 7.08. The van der Waals surface area contributed by atoms with Crippen molar-refractivity contribution in [1.82, 2.24) is 0 Å². The second-order valence-corrected chi connectivity index (χ2v) is 14.4. The summed E-state index contributed by atoms with van der Waals surface area (Å²) in [5, 5.41) is 5.14. The van der Waals surface area contributed by atoms with Gasteiger partial charge in [0.05, 0.1) is 0 Å². The molecule has 0 aromatic heterocycles. The maximum absolute atomic E-state index is 5.91. The van der Waals surface area contributed by atoms with Gasteiger partial charge in [0, 0.05) is 0 Å². The van der Waals surface area contributed by atoms with Crippen molar-refractivity contribution in [3.05, 3.63) is 185 Å². The van der Waals surface area contributed by atoms with Gasteiger partial charge in [-0.2, -0.15) is 0 Å². The molecule has 44 heavy (non-hydrogen) atoms. The predicted octanol–water partition coefficient (Wildman–Crippen LogP) is 8.95. The van der Waals surface area contributed by atoms with E-state index in [4.69, 9.17) is 4.74 Å². The summed E-state index contributed by atoms with van der Waals surface area (Å²) in [6.07, 6.45) is 17.4. The molecule has 0 spiro atoms. The third-order valence-corrected chi connectivity index (χ3v) is 13.1. The summed E-state index contributed by atoms with van der Waals surface area (Å²) in [6.45, 7) is 5.39. The van der Waals surface area contributed by atoms with E-state index in [1.807, 2.05) is 24.9 Å². The molecule has 1 heterocycles. The normalized spacial score (nSPS) is 16.3. The molecule has 1 fully saturated rings. The van der Waals surface area contributed by atoms with Crippen LogP contribution in [0.1, 0.15) is 25.0 Å². The van der Waals surface area contributed by atoms with Gasteiger partial charge in [-0.1, -0.05) is 6.08 Å². The van der Waals surface area contributed by atoms with E-state index in [1.54, 1.807) is 0 Å². The Morgan fingerprint density at radius 1 is 0.659 bits per heavy atom. The van der Waals surface area contributed by atoms with Crippen LogP contribution in [0.5, 0.6) is 0 Å². The second-order valence-electron chi connectivity index (χ2n) is 10.4. The number of hydrogen-bond acceptors (Lipinski definition) is 1. The monoisotopic (exact) mass is 768 g/mol. The van der Waals surface area contributed by atoms with Crippen molar-refractivity contribution in [3.63, 3.8) is 0 Å². The Bertz CT molecular complexity index is 1670. The molecule has 1 aliphatic heterocycles.